The van der Waals surface area contributed by atoms with Gasteiger partial charge in [-0.1, -0.05) is 35.0 Å². The highest BCUT2D eigenvalue weighted by atomic mass is 35.5. The number of nitro benzene ring substituents is 1. The predicted molar refractivity (Wildman–Crippen MR) is 101 cm³/mol. The number of non-ortho nitro benzene ring substituents is 1. The van der Waals surface area contributed by atoms with E-state index in [0.29, 0.717) is 11.3 Å². The summed E-state index contributed by atoms with van der Waals surface area (Å²) in [4.78, 5) is 10.2. The van der Waals surface area contributed by atoms with Gasteiger partial charge in [-0.25, -0.2) is 4.68 Å². The van der Waals surface area contributed by atoms with Crippen LogP contribution in [0.15, 0.2) is 65.2 Å². The first kappa shape index (κ1) is 19.6. The molecule has 0 N–H and O–H groups in total. The molecule has 2 heterocycles. The van der Waals surface area contributed by atoms with Gasteiger partial charge in [0.2, 0.25) is 0 Å². The van der Waals surface area contributed by atoms with Crippen molar-refractivity contribution in [2.45, 2.75) is 6.18 Å². The highest BCUT2D eigenvalue weighted by Gasteiger charge is 2.40. The number of halogens is 4. The van der Waals surface area contributed by atoms with Gasteiger partial charge in [-0.3, -0.25) is 10.1 Å². The molecular formula is C19H10ClF3N4O3. The van der Waals surface area contributed by atoms with Crippen molar-refractivity contribution in [3.8, 4) is 28.3 Å². The Morgan fingerprint density at radius 2 is 1.73 bits per heavy atom. The Morgan fingerprint density at radius 1 is 1.07 bits per heavy atom. The van der Waals surface area contributed by atoms with Gasteiger partial charge in [0, 0.05) is 23.8 Å². The van der Waals surface area contributed by atoms with Gasteiger partial charge in [-0.05, 0) is 24.3 Å². The zero-order valence-electron chi connectivity index (χ0n) is 14.8. The zero-order chi connectivity index (χ0) is 21.5. The molecule has 2 aromatic carbocycles. The molecule has 30 heavy (non-hydrogen) atoms. The van der Waals surface area contributed by atoms with Crippen LogP contribution >= 0.6 is 11.6 Å². The van der Waals surface area contributed by atoms with E-state index in [-0.39, 0.29) is 22.3 Å². The number of nitrogens with zero attached hydrogens (tertiary/aromatic N) is 4. The summed E-state index contributed by atoms with van der Waals surface area (Å²) in [7, 11) is 0. The molecule has 0 aliphatic rings. The fourth-order valence-electron chi connectivity index (χ4n) is 2.84. The minimum Gasteiger partial charge on any atom is -0.356 e. The molecule has 0 saturated heterocycles. The largest absolute Gasteiger partial charge is 0.435 e. The van der Waals surface area contributed by atoms with Gasteiger partial charge >= 0.3 is 6.18 Å². The standard InChI is InChI=1S/C19H10ClF3N4O3/c20-18-16(17(19(21,22)23)24-26(18)12-4-2-1-3-5-12)14-10-15(30-25-14)11-6-8-13(9-7-11)27(28)29/h1-10H. The van der Waals surface area contributed by atoms with E-state index < -0.39 is 22.4 Å². The second-order valence-corrected chi connectivity index (χ2v) is 6.50. The molecule has 0 radical (unpaired) electrons. The minimum absolute atomic E-state index is 0.122. The molecule has 0 bridgehead atoms. The Balaban J connectivity index is 1.81. The van der Waals surface area contributed by atoms with Gasteiger partial charge in [0.1, 0.15) is 10.8 Å². The molecule has 0 amide bonds. The first-order valence-corrected chi connectivity index (χ1v) is 8.76. The molecular weight excluding hydrogens is 425 g/mol. The summed E-state index contributed by atoms with van der Waals surface area (Å²) in [6, 6.07) is 14.7. The minimum atomic E-state index is -4.79. The molecule has 7 nitrogen and oxygen atoms in total. The third kappa shape index (κ3) is 3.52. The van der Waals surface area contributed by atoms with Crippen molar-refractivity contribution in [1.82, 2.24) is 14.9 Å². The van der Waals surface area contributed by atoms with Crippen molar-refractivity contribution >= 4 is 17.3 Å². The van der Waals surface area contributed by atoms with E-state index in [4.69, 9.17) is 16.1 Å². The third-order valence-electron chi connectivity index (χ3n) is 4.23. The number of aromatic nitrogens is 3. The summed E-state index contributed by atoms with van der Waals surface area (Å²) in [5.74, 6) is 0.122. The smallest absolute Gasteiger partial charge is 0.356 e. The quantitative estimate of drug-likeness (QED) is 0.300. The van der Waals surface area contributed by atoms with Gasteiger partial charge in [-0.15, -0.1) is 0 Å². The van der Waals surface area contributed by atoms with Gasteiger partial charge < -0.3 is 4.52 Å². The average molecular weight is 435 g/mol. The van der Waals surface area contributed by atoms with Crippen molar-refractivity contribution in [3.05, 3.63) is 81.6 Å². The van der Waals surface area contributed by atoms with Gasteiger partial charge in [0.15, 0.2) is 11.5 Å². The Morgan fingerprint density at radius 3 is 2.33 bits per heavy atom. The fourth-order valence-corrected chi connectivity index (χ4v) is 3.16. The molecule has 0 saturated carbocycles. The SMILES string of the molecule is O=[N+]([O-])c1ccc(-c2cc(-c3c(C(F)(F)F)nn(-c4ccccc4)c3Cl)no2)cc1. The first-order valence-electron chi connectivity index (χ1n) is 8.39. The summed E-state index contributed by atoms with van der Waals surface area (Å²) >= 11 is 6.26. The van der Waals surface area contributed by atoms with Crippen molar-refractivity contribution in [1.29, 1.82) is 0 Å². The van der Waals surface area contributed by atoms with Crippen molar-refractivity contribution in [2.24, 2.45) is 0 Å². The molecule has 0 aliphatic heterocycles. The van der Waals surface area contributed by atoms with E-state index in [2.05, 4.69) is 10.3 Å². The normalized spacial score (nSPS) is 11.6. The maximum atomic E-state index is 13.6. The van der Waals surface area contributed by atoms with Crippen LogP contribution in [0.3, 0.4) is 0 Å². The molecule has 4 rings (SSSR count). The van der Waals surface area contributed by atoms with E-state index >= 15 is 0 Å². The van der Waals surface area contributed by atoms with Crippen LogP contribution < -0.4 is 0 Å². The van der Waals surface area contributed by atoms with E-state index in [0.717, 1.165) is 4.68 Å². The van der Waals surface area contributed by atoms with Crippen LogP contribution in [-0.4, -0.2) is 19.9 Å². The topological polar surface area (TPSA) is 87.0 Å². The number of para-hydroxylation sites is 1. The number of hydrogen-bond acceptors (Lipinski definition) is 5. The number of nitro groups is 1. The van der Waals surface area contributed by atoms with Crippen LogP contribution in [0.4, 0.5) is 18.9 Å². The number of rotatable bonds is 4. The summed E-state index contributed by atoms with van der Waals surface area (Å²) in [5, 5.41) is 17.8. The molecule has 4 aromatic rings. The third-order valence-corrected chi connectivity index (χ3v) is 4.58. The maximum absolute atomic E-state index is 13.6. The Hall–Kier alpha value is -3.66. The van der Waals surface area contributed by atoms with Gasteiger partial charge in [0.25, 0.3) is 5.69 Å². The Labute approximate surface area is 171 Å². The van der Waals surface area contributed by atoms with Crippen LogP contribution in [0.5, 0.6) is 0 Å². The van der Waals surface area contributed by atoms with Crippen LogP contribution in [-0.2, 0) is 6.18 Å². The average Bonchev–Trinajstić information content (AvgIpc) is 3.33. The number of hydrogen-bond donors (Lipinski definition) is 0. The first-order chi connectivity index (χ1) is 14.3. The second kappa shape index (κ2) is 7.30. The molecule has 0 aliphatic carbocycles. The molecule has 0 atom stereocenters. The highest BCUT2D eigenvalue weighted by Crippen LogP contribution is 2.42. The zero-order valence-corrected chi connectivity index (χ0v) is 15.6. The number of alkyl halides is 3. The van der Waals surface area contributed by atoms with Crippen LogP contribution in [0, 0.1) is 10.1 Å². The van der Waals surface area contributed by atoms with E-state index in [9.17, 15) is 23.3 Å². The van der Waals surface area contributed by atoms with Crippen molar-refractivity contribution in [3.63, 3.8) is 0 Å². The predicted octanol–water partition coefficient (Wildman–Crippen LogP) is 5.77. The molecule has 11 heteroatoms. The maximum Gasteiger partial charge on any atom is 0.435 e. The lowest BCUT2D eigenvalue weighted by molar-refractivity contribution is -0.384. The lowest BCUT2D eigenvalue weighted by atomic mass is 10.1. The van der Waals surface area contributed by atoms with E-state index in [1.165, 1.54) is 30.3 Å². The summed E-state index contributed by atoms with van der Waals surface area (Å²) in [5.41, 5.74) is -1.18. The van der Waals surface area contributed by atoms with Gasteiger partial charge in [-0.2, -0.15) is 18.3 Å². The number of benzene rings is 2. The summed E-state index contributed by atoms with van der Waals surface area (Å²) in [6.45, 7) is 0. The molecule has 0 fully saturated rings. The Bertz CT molecular complexity index is 1220. The van der Waals surface area contributed by atoms with Crippen molar-refractivity contribution in [2.75, 3.05) is 0 Å². The lowest BCUT2D eigenvalue weighted by Crippen LogP contribution is -2.08. The van der Waals surface area contributed by atoms with Crippen LogP contribution in [0.2, 0.25) is 5.15 Å². The van der Waals surface area contributed by atoms with Gasteiger partial charge in [0.05, 0.1) is 16.2 Å². The summed E-state index contributed by atoms with van der Waals surface area (Å²) in [6.07, 6.45) is -4.79. The van der Waals surface area contributed by atoms with Crippen LogP contribution in [0.25, 0.3) is 28.3 Å². The second-order valence-electron chi connectivity index (χ2n) is 6.14. The van der Waals surface area contributed by atoms with E-state index in [1.807, 2.05) is 0 Å². The van der Waals surface area contributed by atoms with Crippen molar-refractivity contribution < 1.29 is 22.6 Å². The monoisotopic (exact) mass is 434 g/mol. The molecule has 0 spiro atoms. The lowest BCUT2D eigenvalue weighted by Gasteiger charge is -2.03. The summed E-state index contributed by atoms with van der Waals surface area (Å²) < 4.78 is 47.0. The fraction of sp³-hybridized carbons (Fsp3) is 0.0526. The van der Waals surface area contributed by atoms with Crippen LogP contribution in [0.1, 0.15) is 5.69 Å². The molecule has 2 aromatic heterocycles. The Kier molecular flexibility index (Phi) is 4.78. The molecule has 0 unspecified atom stereocenters. The highest BCUT2D eigenvalue weighted by molar-refractivity contribution is 6.32. The van der Waals surface area contributed by atoms with E-state index in [1.54, 1.807) is 30.3 Å². The molecule has 152 valence electrons.